The molecule has 1 fully saturated rings. The molecule has 0 radical (unpaired) electrons. The number of benzene rings is 1. The van der Waals surface area contributed by atoms with Gasteiger partial charge in [0.25, 0.3) is 5.69 Å². The van der Waals surface area contributed by atoms with E-state index >= 15 is 0 Å². The maximum Gasteiger partial charge on any atom is 0.280 e. The highest BCUT2D eigenvalue weighted by molar-refractivity contribution is 7.71. The van der Waals surface area contributed by atoms with Crippen LogP contribution < -0.4 is 0 Å². The monoisotopic (exact) mass is 339 g/mol. The fourth-order valence-electron chi connectivity index (χ4n) is 2.54. The molecule has 0 heterocycles. The predicted octanol–water partition coefficient (Wildman–Crippen LogP) is 0.827. The molecule has 0 atom stereocenters. The lowest BCUT2D eigenvalue weighted by atomic mass is 9.81. The Morgan fingerprint density at radius 1 is 1.22 bits per heavy atom. The number of Topliss-reactive ketones (excluding diaryl/α,β-unsaturated/α-hetero) is 3. The first-order valence-corrected chi connectivity index (χ1v) is 8.16. The number of nitrogens with zero attached hydrogens (tertiary/aromatic N) is 1. The summed E-state index contributed by atoms with van der Waals surface area (Å²) in [6.45, 7) is 0. The molecule has 23 heavy (non-hydrogen) atoms. The van der Waals surface area contributed by atoms with Crippen molar-refractivity contribution < 1.29 is 27.7 Å². The van der Waals surface area contributed by atoms with Gasteiger partial charge in [0.1, 0.15) is 16.6 Å². The molecular formula is C14H13NO7S. The Morgan fingerprint density at radius 3 is 2.35 bits per heavy atom. The van der Waals surface area contributed by atoms with Crippen molar-refractivity contribution in [2.24, 2.45) is 5.92 Å². The van der Waals surface area contributed by atoms with Crippen LogP contribution in [-0.4, -0.2) is 30.7 Å². The average molecular weight is 339 g/mol. The van der Waals surface area contributed by atoms with Gasteiger partial charge >= 0.3 is 0 Å². The summed E-state index contributed by atoms with van der Waals surface area (Å²) < 4.78 is 21.4. The van der Waals surface area contributed by atoms with E-state index in [4.69, 9.17) is 0 Å². The molecule has 0 spiro atoms. The second-order valence-corrected chi connectivity index (χ2v) is 6.16. The van der Waals surface area contributed by atoms with Crippen molar-refractivity contribution >= 4 is 33.7 Å². The molecule has 0 aromatic heterocycles. The van der Waals surface area contributed by atoms with Crippen LogP contribution in [0.5, 0.6) is 0 Å². The molecule has 0 unspecified atom stereocenters. The topological polar surface area (TPSA) is 128 Å². The minimum absolute atomic E-state index is 0.0880. The van der Waals surface area contributed by atoms with E-state index in [1.807, 2.05) is 0 Å². The Bertz CT molecular complexity index is 757. The van der Waals surface area contributed by atoms with E-state index in [2.05, 4.69) is 0 Å². The summed E-state index contributed by atoms with van der Waals surface area (Å²) in [6.07, 6.45) is 0.550. The van der Waals surface area contributed by atoms with Crippen LogP contribution in [-0.2, 0) is 26.0 Å². The predicted molar refractivity (Wildman–Crippen MR) is 78.8 cm³/mol. The van der Waals surface area contributed by atoms with Crippen LogP contribution in [0.4, 0.5) is 5.69 Å². The zero-order chi connectivity index (χ0) is 17.1. The van der Waals surface area contributed by atoms with E-state index in [1.54, 1.807) is 0 Å². The lowest BCUT2D eigenvalue weighted by Crippen LogP contribution is -2.35. The van der Waals surface area contributed by atoms with Gasteiger partial charge in [-0.1, -0.05) is 6.07 Å². The highest BCUT2D eigenvalue weighted by Gasteiger charge is 2.38. The number of carbonyl (C=O) groups excluding carboxylic acids is 3. The number of thiol groups is 1. The third-order valence-electron chi connectivity index (χ3n) is 3.59. The second-order valence-electron chi connectivity index (χ2n) is 5.18. The van der Waals surface area contributed by atoms with Gasteiger partial charge in [-0.3, -0.25) is 24.5 Å². The first kappa shape index (κ1) is 16.9. The van der Waals surface area contributed by atoms with E-state index in [-0.39, 0.29) is 24.0 Å². The number of rotatable bonds is 5. The first-order valence-electron chi connectivity index (χ1n) is 6.80. The van der Waals surface area contributed by atoms with E-state index < -0.39 is 50.3 Å². The fraction of sp³-hybridized carbons (Fsp3) is 0.357. The largest absolute Gasteiger partial charge is 0.298 e. The van der Waals surface area contributed by atoms with E-state index in [0.717, 1.165) is 12.1 Å². The zero-order valence-electron chi connectivity index (χ0n) is 11.9. The molecule has 9 heteroatoms. The molecule has 1 aromatic rings. The summed E-state index contributed by atoms with van der Waals surface area (Å²) in [5.41, 5.74) is -0.797. The van der Waals surface area contributed by atoms with Crippen molar-refractivity contribution in [1.29, 1.82) is 0 Å². The van der Waals surface area contributed by atoms with Crippen LogP contribution in [0.3, 0.4) is 0 Å². The summed E-state index contributed by atoms with van der Waals surface area (Å²) in [5, 5.41) is 11.1. The summed E-state index contributed by atoms with van der Waals surface area (Å²) in [5.74, 6) is -3.86. The molecule has 8 nitrogen and oxygen atoms in total. The van der Waals surface area contributed by atoms with Crippen LogP contribution in [0.25, 0.3) is 0 Å². The van der Waals surface area contributed by atoms with Crippen LogP contribution in [0.1, 0.15) is 35.2 Å². The smallest absolute Gasteiger partial charge is 0.280 e. The molecule has 122 valence electrons. The van der Waals surface area contributed by atoms with Gasteiger partial charge in [0.2, 0.25) is 0 Å². The van der Waals surface area contributed by atoms with Crippen LogP contribution in [0, 0.1) is 16.0 Å². The first-order chi connectivity index (χ1) is 10.8. The minimum Gasteiger partial charge on any atom is -0.298 e. The highest BCUT2D eigenvalue weighted by Crippen LogP contribution is 2.27. The number of nitro benzene ring substituents is 1. The van der Waals surface area contributed by atoms with Gasteiger partial charge < -0.3 is 0 Å². The Balaban J connectivity index is 2.45. The highest BCUT2D eigenvalue weighted by atomic mass is 32.2. The third-order valence-corrected chi connectivity index (χ3v) is 4.21. The van der Waals surface area contributed by atoms with E-state index in [9.17, 15) is 32.9 Å². The van der Waals surface area contributed by atoms with Crippen molar-refractivity contribution in [3.8, 4) is 0 Å². The Morgan fingerprint density at radius 2 is 1.83 bits per heavy atom. The molecule has 1 aliphatic carbocycles. The molecule has 1 aromatic carbocycles. The van der Waals surface area contributed by atoms with Crippen molar-refractivity contribution in [3.05, 3.63) is 39.4 Å². The maximum absolute atomic E-state index is 12.4. The SMILES string of the molecule is O=C1CCCC(=O)C1C(=O)c1ccc(C[SH](=O)=O)cc1[N+](=O)[O-]. The Hall–Kier alpha value is -2.42. The summed E-state index contributed by atoms with van der Waals surface area (Å²) in [4.78, 5) is 46.4. The normalized spacial score (nSPS) is 15.9. The molecule has 0 N–H and O–H groups in total. The standard InChI is InChI=1S/C14H13NO7S/c16-11-2-1-3-12(17)13(11)14(18)9-5-4-8(7-23(21)22)6-10(9)15(19)20/h4-6,13,23H,1-3,7H2. The average Bonchev–Trinajstić information content (AvgIpc) is 2.46. The van der Waals surface area contributed by atoms with Gasteiger partial charge in [-0.05, 0) is 18.1 Å². The van der Waals surface area contributed by atoms with Crippen molar-refractivity contribution in [2.75, 3.05) is 0 Å². The van der Waals surface area contributed by atoms with Gasteiger partial charge in [-0.25, -0.2) is 8.42 Å². The molecular weight excluding hydrogens is 326 g/mol. The number of nitro groups is 1. The van der Waals surface area contributed by atoms with Crippen LogP contribution in [0.15, 0.2) is 18.2 Å². The number of hydrogen-bond acceptors (Lipinski definition) is 7. The third kappa shape index (κ3) is 3.67. The van der Waals surface area contributed by atoms with Gasteiger partial charge in [0.15, 0.2) is 17.3 Å². The summed E-state index contributed by atoms with van der Waals surface area (Å²) in [6, 6.07) is 3.35. The number of carbonyl (C=O) groups is 3. The molecule has 0 amide bonds. The van der Waals surface area contributed by atoms with Crippen molar-refractivity contribution in [2.45, 2.75) is 25.0 Å². The maximum atomic E-state index is 12.4. The lowest BCUT2D eigenvalue weighted by Gasteiger charge is -2.18. The molecule has 2 rings (SSSR count). The molecule has 0 aliphatic heterocycles. The van der Waals surface area contributed by atoms with Crippen LogP contribution in [0.2, 0.25) is 0 Å². The van der Waals surface area contributed by atoms with Crippen LogP contribution >= 0.6 is 0 Å². The zero-order valence-corrected chi connectivity index (χ0v) is 12.8. The lowest BCUT2D eigenvalue weighted by molar-refractivity contribution is -0.385. The molecule has 1 aliphatic rings. The summed E-state index contributed by atoms with van der Waals surface area (Å²) in [7, 11) is -2.78. The quantitative estimate of drug-likeness (QED) is 0.276. The summed E-state index contributed by atoms with van der Waals surface area (Å²) >= 11 is 0. The van der Waals surface area contributed by atoms with E-state index in [1.165, 1.54) is 6.07 Å². The van der Waals surface area contributed by atoms with E-state index in [0.29, 0.717) is 6.42 Å². The Labute approximate surface area is 132 Å². The molecule has 0 saturated heterocycles. The second kappa shape index (κ2) is 6.78. The Kier molecular flexibility index (Phi) is 4.99. The number of hydrogen-bond donors (Lipinski definition) is 1. The van der Waals surface area contributed by atoms with Gasteiger partial charge in [0, 0.05) is 18.9 Å². The molecule has 1 saturated carbocycles. The van der Waals surface area contributed by atoms with Crippen molar-refractivity contribution in [1.82, 2.24) is 0 Å². The van der Waals surface area contributed by atoms with Gasteiger partial charge in [-0.15, -0.1) is 0 Å². The fourth-order valence-corrected chi connectivity index (χ4v) is 3.03. The van der Waals surface area contributed by atoms with Gasteiger partial charge in [-0.2, -0.15) is 0 Å². The minimum atomic E-state index is -2.78. The van der Waals surface area contributed by atoms with Crippen molar-refractivity contribution in [3.63, 3.8) is 0 Å². The molecule has 0 bridgehead atoms. The van der Waals surface area contributed by atoms with Gasteiger partial charge in [0.05, 0.1) is 16.2 Å². The number of ketones is 3.